The number of benzene rings is 2. The third-order valence-electron chi connectivity index (χ3n) is 3.96. The van der Waals surface area contributed by atoms with Crippen LogP contribution in [0.5, 0.6) is 0 Å². The zero-order valence-electron chi connectivity index (χ0n) is 14.7. The first-order valence-electron chi connectivity index (χ1n) is 8.02. The van der Waals surface area contributed by atoms with Gasteiger partial charge in [-0.05, 0) is 42.7 Å². The van der Waals surface area contributed by atoms with E-state index < -0.39 is 0 Å². The van der Waals surface area contributed by atoms with Crippen LogP contribution in [0.25, 0.3) is 0 Å². The maximum Gasteiger partial charge on any atom is 0.227 e. The topological polar surface area (TPSA) is 49.4 Å². The molecule has 0 saturated carbocycles. The Kier molecular flexibility index (Phi) is 5.74. The Morgan fingerprint density at radius 2 is 1.71 bits per heavy atom. The molecule has 4 nitrogen and oxygen atoms in total. The summed E-state index contributed by atoms with van der Waals surface area (Å²) in [5.41, 5.74) is 5.26. The molecule has 0 fully saturated rings. The Morgan fingerprint density at radius 1 is 1.04 bits per heavy atom. The summed E-state index contributed by atoms with van der Waals surface area (Å²) in [6.07, 6.45) is 0.349. The maximum absolute atomic E-state index is 12.4. The first-order chi connectivity index (χ1) is 11.3. The van der Waals surface area contributed by atoms with E-state index in [9.17, 15) is 9.59 Å². The molecule has 0 radical (unpaired) electrons. The highest BCUT2D eigenvalue weighted by molar-refractivity contribution is 5.88. The molecule has 0 unspecified atom stereocenters. The summed E-state index contributed by atoms with van der Waals surface area (Å²) in [7, 11) is 1.83. The second-order valence-corrected chi connectivity index (χ2v) is 6.23. The van der Waals surface area contributed by atoms with Crippen LogP contribution in [0.15, 0.2) is 42.5 Å². The van der Waals surface area contributed by atoms with Crippen molar-refractivity contribution in [2.24, 2.45) is 0 Å². The standard InChI is InChI=1S/C20H24N2O2/c1-14-5-8-18(15(2)11-14)13-22(4)20(24)12-17-6-9-19(10-7-17)21-16(3)23/h5-11H,12-13H2,1-4H3,(H,21,23). The fourth-order valence-electron chi connectivity index (χ4n) is 2.59. The Balaban J connectivity index is 1.97. The van der Waals surface area contributed by atoms with Crippen molar-refractivity contribution in [3.8, 4) is 0 Å². The van der Waals surface area contributed by atoms with Gasteiger partial charge in [0.05, 0.1) is 6.42 Å². The molecule has 2 amide bonds. The summed E-state index contributed by atoms with van der Waals surface area (Å²) < 4.78 is 0. The summed E-state index contributed by atoms with van der Waals surface area (Å²) in [6.45, 7) is 6.21. The lowest BCUT2D eigenvalue weighted by Gasteiger charge is -2.19. The van der Waals surface area contributed by atoms with Crippen molar-refractivity contribution in [3.63, 3.8) is 0 Å². The van der Waals surface area contributed by atoms with Gasteiger partial charge >= 0.3 is 0 Å². The smallest absolute Gasteiger partial charge is 0.227 e. The number of hydrogen-bond donors (Lipinski definition) is 1. The second-order valence-electron chi connectivity index (χ2n) is 6.23. The average Bonchev–Trinajstić information content (AvgIpc) is 2.51. The molecule has 1 N–H and O–H groups in total. The summed E-state index contributed by atoms with van der Waals surface area (Å²) in [4.78, 5) is 25.2. The molecule has 2 rings (SSSR count). The molecule has 0 aromatic heterocycles. The van der Waals surface area contributed by atoms with Gasteiger partial charge in [0.15, 0.2) is 0 Å². The lowest BCUT2D eigenvalue weighted by Crippen LogP contribution is -2.28. The molecule has 0 saturated heterocycles. The number of rotatable bonds is 5. The van der Waals surface area contributed by atoms with Crippen LogP contribution in [0.4, 0.5) is 5.69 Å². The molecule has 2 aromatic rings. The highest BCUT2D eigenvalue weighted by Crippen LogP contribution is 2.14. The van der Waals surface area contributed by atoms with Gasteiger partial charge in [-0.25, -0.2) is 0 Å². The molecule has 0 aliphatic heterocycles. The molecule has 126 valence electrons. The predicted molar refractivity (Wildman–Crippen MR) is 96.8 cm³/mol. The monoisotopic (exact) mass is 324 g/mol. The van der Waals surface area contributed by atoms with E-state index in [0.717, 1.165) is 16.8 Å². The number of anilines is 1. The third kappa shape index (κ3) is 4.95. The summed E-state index contributed by atoms with van der Waals surface area (Å²) in [5, 5.41) is 2.72. The average molecular weight is 324 g/mol. The van der Waals surface area contributed by atoms with Gasteiger partial charge in [-0.3, -0.25) is 9.59 Å². The SMILES string of the molecule is CC(=O)Nc1ccc(CC(=O)N(C)Cc2ccc(C)cc2C)cc1. The molecule has 0 aliphatic rings. The minimum atomic E-state index is -0.105. The molecule has 0 aliphatic carbocycles. The van der Waals surface area contributed by atoms with E-state index >= 15 is 0 Å². The van der Waals surface area contributed by atoms with Crippen molar-refractivity contribution < 1.29 is 9.59 Å². The lowest BCUT2D eigenvalue weighted by molar-refractivity contribution is -0.129. The Labute approximate surface area is 143 Å². The number of carbonyl (C=O) groups excluding carboxylic acids is 2. The van der Waals surface area contributed by atoms with Crippen LogP contribution < -0.4 is 5.32 Å². The van der Waals surface area contributed by atoms with E-state index in [4.69, 9.17) is 0 Å². The van der Waals surface area contributed by atoms with Gasteiger partial charge in [0.1, 0.15) is 0 Å². The van der Waals surface area contributed by atoms with Crippen LogP contribution in [0, 0.1) is 13.8 Å². The van der Waals surface area contributed by atoms with Crippen molar-refractivity contribution in [3.05, 3.63) is 64.7 Å². The Bertz CT molecular complexity index is 736. The number of nitrogens with one attached hydrogen (secondary N) is 1. The van der Waals surface area contributed by atoms with Gasteiger partial charge < -0.3 is 10.2 Å². The number of carbonyl (C=O) groups is 2. The molecular weight excluding hydrogens is 300 g/mol. The number of hydrogen-bond acceptors (Lipinski definition) is 2. The summed E-state index contributed by atoms with van der Waals surface area (Å²) in [5.74, 6) is -0.0331. The first-order valence-corrected chi connectivity index (χ1v) is 8.02. The Hall–Kier alpha value is -2.62. The maximum atomic E-state index is 12.4. The molecule has 0 bridgehead atoms. The molecule has 0 heterocycles. The number of amides is 2. The van der Waals surface area contributed by atoms with E-state index in [1.165, 1.54) is 18.1 Å². The molecule has 0 spiro atoms. The van der Waals surface area contributed by atoms with Crippen LogP contribution >= 0.6 is 0 Å². The van der Waals surface area contributed by atoms with Crippen molar-refractivity contribution in [1.29, 1.82) is 0 Å². The molecule has 2 aromatic carbocycles. The van der Waals surface area contributed by atoms with E-state index in [1.54, 1.807) is 4.90 Å². The highest BCUT2D eigenvalue weighted by Gasteiger charge is 2.11. The molecular formula is C20H24N2O2. The van der Waals surface area contributed by atoms with Gasteiger partial charge in [0, 0.05) is 26.2 Å². The van der Waals surface area contributed by atoms with Crippen LogP contribution in [0.2, 0.25) is 0 Å². The largest absolute Gasteiger partial charge is 0.341 e. The minimum Gasteiger partial charge on any atom is -0.341 e. The fraction of sp³-hybridized carbons (Fsp3) is 0.300. The number of likely N-dealkylation sites (N-methyl/N-ethyl adjacent to an activating group) is 1. The first kappa shape index (κ1) is 17.7. The van der Waals surface area contributed by atoms with Gasteiger partial charge in [0.2, 0.25) is 11.8 Å². The van der Waals surface area contributed by atoms with E-state index in [0.29, 0.717) is 13.0 Å². The van der Waals surface area contributed by atoms with Gasteiger partial charge in [-0.15, -0.1) is 0 Å². The normalized spacial score (nSPS) is 10.3. The second kappa shape index (κ2) is 7.77. The fourth-order valence-corrected chi connectivity index (χ4v) is 2.59. The van der Waals surface area contributed by atoms with E-state index in [-0.39, 0.29) is 11.8 Å². The van der Waals surface area contributed by atoms with Crippen LogP contribution in [-0.4, -0.2) is 23.8 Å². The lowest BCUT2D eigenvalue weighted by atomic mass is 10.0. The van der Waals surface area contributed by atoms with Crippen LogP contribution in [0.3, 0.4) is 0 Å². The summed E-state index contributed by atoms with van der Waals surface area (Å²) in [6, 6.07) is 13.6. The predicted octanol–water partition coefficient (Wildman–Crippen LogP) is 3.46. The highest BCUT2D eigenvalue weighted by atomic mass is 16.2. The van der Waals surface area contributed by atoms with Crippen molar-refractivity contribution in [2.45, 2.75) is 33.7 Å². The van der Waals surface area contributed by atoms with Crippen molar-refractivity contribution in [1.82, 2.24) is 4.90 Å². The molecule has 24 heavy (non-hydrogen) atoms. The quantitative estimate of drug-likeness (QED) is 0.915. The van der Waals surface area contributed by atoms with Gasteiger partial charge in [0.25, 0.3) is 0 Å². The van der Waals surface area contributed by atoms with Crippen molar-refractivity contribution >= 4 is 17.5 Å². The van der Waals surface area contributed by atoms with E-state index in [1.807, 2.05) is 31.3 Å². The van der Waals surface area contributed by atoms with Crippen LogP contribution in [-0.2, 0) is 22.6 Å². The van der Waals surface area contributed by atoms with E-state index in [2.05, 4.69) is 37.4 Å². The minimum absolute atomic E-state index is 0.0715. The molecule has 4 heteroatoms. The summed E-state index contributed by atoms with van der Waals surface area (Å²) >= 11 is 0. The Morgan fingerprint density at radius 3 is 2.29 bits per heavy atom. The zero-order chi connectivity index (χ0) is 17.7. The number of aryl methyl sites for hydroxylation is 2. The van der Waals surface area contributed by atoms with Crippen LogP contribution in [0.1, 0.15) is 29.2 Å². The molecule has 0 atom stereocenters. The van der Waals surface area contributed by atoms with Crippen molar-refractivity contribution in [2.75, 3.05) is 12.4 Å². The number of nitrogens with zero attached hydrogens (tertiary/aromatic N) is 1. The zero-order valence-corrected chi connectivity index (χ0v) is 14.7. The van der Waals surface area contributed by atoms with Gasteiger partial charge in [-0.1, -0.05) is 35.9 Å². The van der Waals surface area contributed by atoms with Gasteiger partial charge in [-0.2, -0.15) is 0 Å². The third-order valence-corrected chi connectivity index (χ3v) is 3.96.